The lowest BCUT2D eigenvalue weighted by molar-refractivity contribution is -0.140. The second kappa shape index (κ2) is 10.2. The lowest BCUT2D eigenvalue weighted by Crippen LogP contribution is -2.12. The summed E-state index contributed by atoms with van der Waals surface area (Å²) in [7, 11) is 0. The molecule has 0 aromatic heterocycles. The van der Waals surface area contributed by atoms with Gasteiger partial charge in [-0.2, -0.15) is 0 Å². The molecule has 0 bridgehead atoms. The van der Waals surface area contributed by atoms with Crippen LogP contribution in [0.4, 0.5) is 0 Å². The minimum absolute atomic E-state index is 0.116. The number of carbonyl (C=O) groups excluding carboxylic acids is 1. The first-order valence-corrected chi connectivity index (χ1v) is 7.33. The van der Waals surface area contributed by atoms with Crippen molar-refractivity contribution in [2.75, 3.05) is 6.61 Å². The van der Waals surface area contributed by atoms with E-state index >= 15 is 0 Å². The number of hydrogen-bond donors (Lipinski definition) is 0. The zero-order valence-electron chi connectivity index (χ0n) is 12.8. The molecular formula is C16H30O2. The van der Waals surface area contributed by atoms with Crippen molar-refractivity contribution in [1.82, 2.24) is 0 Å². The highest BCUT2D eigenvalue weighted by molar-refractivity contribution is 5.88. The van der Waals surface area contributed by atoms with Crippen LogP contribution in [-0.4, -0.2) is 12.6 Å². The van der Waals surface area contributed by atoms with Gasteiger partial charge in [-0.05, 0) is 31.1 Å². The fourth-order valence-corrected chi connectivity index (χ4v) is 1.69. The highest BCUT2D eigenvalue weighted by atomic mass is 16.5. The maximum atomic E-state index is 11.9. The van der Waals surface area contributed by atoms with Crippen LogP contribution < -0.4 is 0 Å². The van der Waals surface area contributed by atoms with Gasteiger partial charge in [-0.15, -0.1) is 0 Å². The van der Waals surface area contributed by atoms with Gasteiger partial charge in [0.25, 0.3) is 0 Å². The van der Waals surface area contributed by atoms with E-state index in [1.165, 1.54) is 6.42 Å². The van der Waals surface area contributed by atoms with Crippen LogP contribution in [0.15, 0.2) is 11.6 Å². The lowest BCUT2D eigenvalue weighted by atomic mass is 10.0. The molecule has 2 heteroatoms. The summed E-state index contributed by atoms with van der Waals surface area (Å²) in [6.45, 7) is 11.2. The number of allylic oxidation sites excluding steroid dienone is 1. The van der Waals surface area contributed by atoms with Crippen LogP contribution in [0, 0.1) is 11.8 Å². The molecule has 0 atom stereocenters. The van der Waals surface area contributed by atoms with Crippen molar-refractivity contribution in [1.29, 1.82) is 0 Å². The van der Waals surface area contributed by atoms with Crippen LogP contribution in [0.3, 0.4) is 0 Å². The SMILES string of the molecule is CCCC(=CCCCC(C)C)C(=O)OCC(C)C. The van der Waals surface area contributed by atoms with Crippen molar-refractivity contribution in [3.05, 3.63) is 11.6 Å². The van der Waals surface area contributed by atoms with Crippen molar-refractivity contribution < 1.29 is 9.53 Å². The Bertz CT molecular complexity index is 252. The number of ether oxygens (including phenoxy) is 1. The Morgan fingerprint density at radius 2 is 1.83 bits per heavy atom. The van der Waals surface area contributed by atoms with E-state index in [2.05, 4.69) is 40.7 Å². The molecule has 0 aliphatic rings. The predicted octanol–water partition coefficient (Wildman–Crippen LogP) is 4.74. The lowest BCUT2D eigenvalue weighted by Gasteiger charge is -2.10. The van der Waals surface area contributed by atoms with Crippen LogP contribution in [0.1, 0.15) is 66.7 Å². The smallest absolute Gasteiger partial charge is 0.333 e. The van der Waals surface area contributed by atoms with Crippen LogP contribution >= 0.6 is 0 Å². The number of hydrogen-bond acceptors (Lipinski definition) is 2. The average molecular weight is 254 g/mol. The molecule has 18 heavy (non-hydrogen) atoms. The normalized spacial score (nSPS) is 12.3. The van der Waals surface area contributed by atoms with Crippen LogP contribution in [0.2, 0.25) is 0 Å². The first-order chi connectivity index (χ1) is 8.47. The van der Waals surface area contributed by atoms with E-state index in [-0.39, 0.29) is 5.97 Å². The fraction of sp³-hybridized carbons (Fsp3) is 0.812. The summed E-state index contributed by atoms with van der Waals surface area (Å²) < 4.78 is 5.29. The van der Waals surface area contributed by atoms with Gasteiger partial charge in [-0.1, -0.05) is 53.5 Å². The fourth-order valence-electron chi connectivity index (χ4n) is 1.69. The molecule has 0 aromatic carbocycles. The van der Waals surface area contributed by atoms with Gasteiger partial charge in [0, 0.05) is 5.57 Å². The van der Waals surface area contributed by atoms with Gasteiger partial charge < -0.3 is 4.74 Å². The molecule has 106 valence electrons. The van der Waals surface area contributed by atoms with E-state index in [0.717, 1.165) is 37.2 Å². The second-order valence-corrected chi connectivity index (χ2v) is 5.80. The van der Waals surface area contributed by atoms with Crippen LogP contribution in [0.5, 0.6) is 0 Å². The molecule has 0 amide bonds. The van der Waals surface area contributed by atoms with Gasteiger partial charge in [-0.25, -0.2) is 4.79 Å². The van der Waals surface area contributed by atoms with Gasteiger partial charge in [0.05, 0.1) is 6.61 Å². The Kier molecular flexibility index (Phi) is 9.72. The summed E-state index contributed by atoms with van der Waals surface area (Å²) in [4.78, 5) is 11.9. The molecule has 0 heterocycles. The molecule has 0 aliphatic heterocycles. The molecule has 0 saturated heterocycles. The minimum atomic E-state index is -0.116. The number of esters is 1. The van der Waals surface area contributed by atoms with E-state index < -0.39 is 0 Å². The number of rotatable bonds is 9. The van der Waals surface area contributed by atoms with E-state index in [1.54, 1.807) is 0 Å². The van der Waals surface area contributed by atoms with Crippen molar-refractivity contribution in [3.63, 3.8) is 0 Å². The Labute approximate surface area is 113 Å². The average Bonchev–Trinajstić information content (AvgIpc) is 2.29. The molecule has 2 nitrogen and oxygen atoms in total. The van der Waals surface area contributed by atoms with E-state index in [0.29, 0.717) is 12.5 Å². The summed E-state index contributed by atoms with van der Waals surface area (Å²) in [5, 5.41) is 0. The van der Waals surface area contributed by atoms with Gasteiger partial charge in [0.15, 0.2) is 0 Å². The van der Waals surface area contributed by atoms with Gasteiger partial charge in [0.1, 0.15) is 0 Å². The molecule has 0 spiro atoms. The first-order valence-electron chi connectivity index (χ1n) is 7.33. The Hall–Kier alpha value is -0.790. The highest BCUT2D eigenvalue weighted by Crippen LogP contribution is 2.13. The van der Waals surface area contributed by atoms with Crippen molar-refractivity contribution >= 4 is 5.97 Å². The zero-order chi connectivity index (χ0) is 14.0. The molecule has 0 unspecified atom stereocenters. The van der Waals surface area contributed by atoms with Crippen molar-refractivity contribution in [2.45, 2.75) is 66.7 Å². The monoisotopic (exact) mass is 254 g/mol. The van der Waals surface area contributed by atoms with Gasteiger partial charge in [-0.3, -0.25) is 0 Å². The Morgan fingerprint density at radius 1 is 1.17 bits per heavy atom. The molecular weight excluding hydrogens is 224 g/mol. The Morgan fingerprint density at radius 3 is 2.33 bits per heavy atom. The third-order valence-electron chi connectivity index (χ3n) is 2.71. The summed E-state index contributed by atoms with van der Waals surface area (Å²) in [6, 6.07) is 0. The number of unbranched alkanes of at least 4 members (excludes halogenated alkanes) is 1. The van der Waals surface area contributed by atoms with E-state index in [4.69, 9.17) is 4.74 Å². The first kappa shape index (κ1) is 17.2. The maximum Gasteiger partial charge on any atom is 0.333 e. The van der Waals surface area contributed by atoms with Crippen LogP contribution in [0.25, 0.3) is 0 Å². The quantitative estimate of drug-likeness (QED) is 0.337. The standard InChI is InChI=1S/C16H30O2/c1-6-9-15(11-8-7-10-13(2)3)16(17)18-12-14(4)5/h11,13-14H,6-10,12H2,1-5H3. The highest BCUT2D eigenvalue weighted by Gasteiger charge is 2.10. The topological polar surface area (TPSA) is 26.3 Å². The van der Waals surface area contributed by atoms with Gasteiger partial charge >= 0.3 is 5.97 Å². The van der Waals surface area contributed by atoms with Crippen LogP contribution in [-0.2, 0) is 9.53 Å². The van der Waals surface area contributed by atoms with E-state index in [1.807, 2.05) is 0 Å². The number of carbonyl (C=O) groups is 1. The molecule has 0 radical (unpaired) electrons. The molecule has 0 aromatic rings. The molecule has 0 fully saturated rings. The third-order valence-corrected chi connectivity index (χ3v) is 2.71. The van der Waals surface area contributed by atoms with Crippen molar-refractivity contribution in [3.8, 4) is 0 Å². The summed E-state index contributed by atoms with van der Waals surface area (Å²) in [6.07, 6.45) is 7.27. The van der Waals surface area contributed by atoms with E-state index in [9.17, 15) is 4.79 Å². The second-order valence-electron chi connectivity index (χ2n) is 5.80. The third kappa shape index (κ3) is 9.26. The Balaban J connectivity index is 4.17. The summed E-state index contributed by atoms with van der Waals surface area (Å²) in [5.74, 6) is 1.02. The molecule has 0 rings (SSSR count). The predicted molar refractivity (Wildman–Crippen MR) is 77.5 cm³/mol. The summed E-state index contributed by atoms with van der Waals surface area (Å²) in [5.41, 5.74) is 0.863. The molecule has 0 saturated carbocycles. The minimum Gasteiger partial charge on any atom is -0.462 e. The van der Waals surface area contributed by atoms with Gasteiger partial charge in [0.2, 0.25) is 0 Å². The largest absolute Gasteiger partial charge is 0.462 e. The zero-order valence-corrected chi connectivity index (χ0v) is 12.8. The molecule has 0 N–H and O–H groups in total. The van der Waals surface area contributed by atoms with Crippen molar-refractivity contribution in [2.24, 2.45) is 11.8 Å². The maximum absolute atomic E-state index is 11.9. The summed E-state index contributed by atoms with van der Waals surface area (Å²) >= 11 is 0. The molecule has 0 aliphatic carbocycles.